The topological polar surface area (TPSA) is 54.4 Å². The average Bonchev–Trinajstić information content (AvgIpc) is 2.08. The lowest BCUT2D eigenvalue weighted by atomic mass is 10.7. The van der Waals surface area contributed by atoms with Crippen molar-refractivity contribution in [2.24, 2.45) is 0 Å². The lowest BCUT2D eigenvalue weighted by Gasteiger charge is -1.89. The van der Waals surface area contributed by atoms with E-state index in [9.17, 15) is 8.42 Å². The third-order valence-electron chi connectivity index (χ3n) is 0.903. The Morgan fingerprint density at radius 1 is 1.42 bits per heavy atom. The monoisotopic (exact) mass is 268 g/mol. The van der Waals surface area contributed by atoms with E-state index in [-0.39, 0.29) is 26.0 Å². The molecule has 1 aromatic rings. The Morgan fingerprint density at radius 2 is 1.92 bits per heavy atom. The molecule has 70 valence electrons. The summed E-state index contributed by atoms with van der Waals surface area (Å²) in [6.45, 7) is 0. The van der Waals surface area contributed by atoms with Gasteiger partial charge in [-0.15, -0.1) is 23.7 Å². The van der Waals surface area contributed by atoms with E-state index in [1.807, 2.05) is 0 Å². The summed E-state index contributed by atoms with van der Waals surface area (Å²) < 4.78 is 29.7. The average molecular weight is 270 g/mol. The van der Waals surface area contributed by atoms with Gasteiger partial charge in [-0.2, -0.15) is 8.42 Å². The van der Waals surface area contributed by atoms with Gasteiger partial charge in [0.25, 0.3) is 10.1 Å². The van der Waals surface area contributed by atoms with Gasteiger partial charge in [0.05, 0.1) is 4.34 Å². The predicted octanol–water partition coefficient (Wildman–Crippen LogP) is 2.72. The Bertz CT molecular complexity index is 369. The first-order valence-corrected chi connectivity index (χ1v) is 5.35. The molecule has 0 amide bonds. The molecule has 0 aromatic carbocycles. The minimum absolute atomic E-state index is 0. The van der Waals surface area contributed by atoms with E-state index in [0.717, 1.165) is 17.4 Å². The summed E-state index contributed by atoms with van der Waals surface area (Å²) in [5.74, 6) is 0. The molecule has 0 unspecified atom stereocenters. The van der Waals surface area contributed by atoms with Crippen LogP contribution in [0.15, 0.2) is 11.0 Å². The summed E-state index contributed by atoms with van der Waals surface area (Å²) in [6, 6.07) is 1.10. The fourth-order valence-corrected chi connectivity index (χ4v) is 3.11. The van der Waals surface area contributed by atoms with Crippen molar-refractivity contribution in [3.8, 4) is 0 Å². The Labute approximate surface area is 89.5 Å². The van der Waals surface area contributed by atoms with Crippen molar-refractivity contribution in [3.05, 3.63) is 14.7 Å². The van der Waals surface area contributed by atoms with Crippen molar-refractivity contribution in [2.45, 2.75) is 4.90 Å². The molecule has 0 saturated heterocycles. The van der Waals surface area contributed by atoms with E-state index >= 15 is 0 Å². The van der Waals surface area contributed by atoms with E-state index < -0.39 is 10.1 Å². The highest BCUT2D eigenvalue weighted by Crippen LogP contribution is 2.33. The number of rotatable bonds is 1. The van der Waals surface area contributed by atoms with Crippen LogP contribution in [0.25, 0.3) is 0 Å². The van der Waals surface area contributed by atoms with Gasteiger partial charge in [-0.3, -0.25) is 4.55 Å². The van der Waals surface area contributed by atoms with E-state index in [2.05, 4.69) is 0 Å². The smallest absolute Gasteiger partial charge is 0.282 e. The van der Waals surface area contributed by atoms with E-state index in [4.69, 9.17) is 27.8 Å². The Hall–Kier alpha value is 0.480. The number of thiophene rings is 1. The molecule has 0 aliphatic carbocycles. The van der Waals surface area contributed by atoms with Crippen LogP contribution >= 0.6 is 46.9 Å². The first-order valence-electron chi connectivity index (χ1n) is 2.33. The zero-order chi connectivity index (χ0) is 8.65. The van der Waals surface area contributed by atoms with Crippen LogP contribution in [0.4, 0.5) is 0 Å². The highest BCUT2D eigenvalue weighted by atomic mass is 35.5. The van der Waals surface area contributed by atoms with Gasteiger partial charge in [0.1, 0.15) is 9.23 Å². The van der Waals surface area contributed by atoms with Gasteiger partial charge in [-0.05, 0) is 6.07 Å². The van der Waals surface area contributed by atoms with Crippen LogP contribution in [0.1, 0.15) is 0 Å². The first-order chi connectivity index (χ1) is 4.91. The molecule has 0 atom stereocenters. The minimum atomic E-state index is -4.22. The van der Waals surface area contributed by atoms with Gasteiger partial charge in [0.15, 0.2) is 0 Å². The van der Waals surface area contributed by atoms with Crippen LogP contribution in [0, 0.1) is 0 Å². The highest BCUT2D eigenvalue weighted by molar-refractivity contribution is 7.86. The molecule has 0 fully saturated rings. The van der Waals surface area contributed by atoms with Crippen LogP contribution in [-0.2, 0) is 10.1 Å². The SMILES string of the molecule is Cl.O=S(=O)(O)c1cc(Cl)sc1Cl. The lowest BCUT2D eigenvalue weighted by molar-refractivity contribution is 0.483. The predicted molar refractivity (Wildman–Crippen MR) is 51.4 cm³/mol. The molecule has 0 saturated carbocycles. The van der Waals surface area contributed by atoms with Crippen LogP contribution in [0.5, 0.6) is 0 Å². The van der Waals surface area contributed by atoms with Crippen LogP contribution < -0.4 is 0 Å². The molecule has 0 spiro atoms. The van der Waals surface area contributed by atoms with Crippen LogP contribution in [0.3, 0.4) is 0 Å². The zero-order valence-corrected chi connectivity index (χ0v) is 9.28. The second-order valence-electron chi connectivity index (χ2n) is 1.66. The third-order valence-corrected chi connectivity index (χ3v) is 3.51. The molecule has 0 aliphatic heterocycles. The molecule has 1 aromatic heterocycles. The number of hydrogen-bond acceptors (Lipinski definition) is 3. The summed E-state index contributed by atoms with van der Waals surface area (Å²) in [7, 11) is -4.22. The summed E-state index contributed by atoms with van der Waals surface area (Å²) >= 11 is 11.7. The van der Waals surface area contributed by atoms with Crippen molar-refractivity contribution in [1.29, 1.82) is 0 Å². The van der Waals surface area contributed by atoms with Crippen molar-refractivity contribution in [3.63, 3.8) is 0 Å². The largest absolute Gasteiger partial charge is 0.296 e. The van der Waals surface area contributed by atoms with Gasteiger partial charge in [0.2, 0.25) is 0 Å². The maximum atomic E-state index is 10.5. The highest BCUT2D eigenvalue weighted by Gasteiger charge is 2.17. The van der Waals surface area contributed by atoms with Crippen LogP contribution in [0.2, 0.25) is 8.67 Å². The maximum absolute atomic E-state index is 10.5. The summed E-state index contributed by atoms with van der Waals surface area (Å²) in [4.78, 5) is -0.339. The molecule has 1 heterocycles. The van der Waals surface area contributed by atoms with Crippen molar-refractivity contribution >= 4 is 57.1 Å². The van der Waals surface area contributed by atoms with Gasteiger partial charge in [0, 0.05) is 0 Å². The van der Waals surface area contributed by atoms with Gasteiger partial charge >= 0.3 is 0 Å². The summed E-state index contributed by atoms with van der Waals surface area (Å²) in [5, 5.41) is 0. The third kappa shape index (κ3) is 2.76. The second kappa shape index (κ2) is 4.13. The lowest BCUT2D eigenvalue weighted by Crippen LogP contribution is -1.95. The standard InChI is InChI=1S/C4H2Cl2O3S2.ClH/c5-3-1-2(4(6)10-3)11(7,8)9;/h1H,(H,7,8,9);1H. The molecule has 1 rings (SSSR count). The molecular weight excluding hydrogens is 267 g/mol. The van der Waals surface area contributed by atoms with Gasteiger partial charge in [-0.1, -0.05) is 23.2 Å². The second-order valence-corrected chi connectivity index (χ2v) is 5.34. The van der Waals surface area contributed by atoms with Crippen molar-refractivity contribution in [1.82, 2.24) is 0 Å². The molecule has 0 aliphatic rings. The fourth-order valence-electron chi connectivity index (χ4n) is 0.501. The summed E-state index contributed by atoms with van der Waals surface area (Å²) in [5.41, 5.74) is 0. The van der Waals surface area contributed by atoms with E-state index in [1.165, 1.54) is 0 Å². The number of halogens is 3. The maximum Gasteiger partial charge on any atom is 0.296 e. The molecule has 0 bridgehead atoms. The zero-order valence-electron chi connectivity index (χ0n) is 5.32. The number of hydrogen-bond donors (Lipinski definition) is 1. The molecule has 12 heavy (non-hydrogen) atoms. The van der Waals surface area contributed by atoms with Crippen molar-refractivity contribution in [2.75, 3.05) is 0 Å². The van der Waals surface area contributed by atoms with E-state index in [0.29, 0.717) is 0 Å². The van der Waals surface area contributed by atoms with Gasteiger partial charge in [-0.25, -0.2) is 0 Å². The quantitative estimate of drug-likeness (QED) is 0.798. The molecule has 8 heteroatoms. The minimum Gasteiger partial charge on any atom is -0.282 e. The fraction of sp³-hybridized carbons (Fsp3) is 0. The Morgan fingerprint density at radius 3 is 2.08 bits per heavy atom. The van der Waals surface area contributed by atoms with Crippen molar-refractivity contribution < 1.29 is 13.0 Å². The first kappa shape index (κ1) is 12.5. The normalized spacial score (nSPS) is 10.9. The molecule has 0 radical (unpaired) electrons. The molecular formula is C4H3Cl3O3S2. The van der Waals surface area contributed by atoms with Gasteiger partial charge < -0.3 is 0 Å². The van der Waals surface area contributed by atoms with Crippen LogP contribution in [-0.4, -0.2) is 13.0 Å². The summed E-state index contributed by atoms with van der Waals surface area (Å²) in [6.07, 6.45) is 0. The van der Waals surface area contributed by atoms with E-state index in [1.54, 1.807) is 0 Å². The molecule has 1 N–H and O–H groups in total. The molecule has 3 nitrogen and oxygen atoms in total. The Balaban J connectivity index is 0.00000121. The Kier molecular flexibility index (Phi) is 4.29.